The van der Waals surface area contributed by atoms with Gasteiger partial charge in [0, 0.05) is 12.2 Å². The van der Waals surface area contributed by atoms with E-state index in [1.54, 1.807) is 0 Å². The van der Waals surface area contributed by atoms with Crippen molar-refractivity contribution < 1.29 is 0 Å². The van der Waals surface area contributed by atoms with E-state index in [2.05, 4.69) is 52.7 Å². The Morgan fingerprint density at radius 3 is 2.60 bits per heavy atom. The Labute approximate surface area is 117 Å². The van der Waals surface area contributed by atoms with Crippen LogP contribution in [0.1, 0.15) is 16.7 Å². The molecule has 4 nitrogen and oxygen atoms in total. The van der Waals surface area contributed by atoms with Gasteiger partial charge >= 0.3 is 0 Å². The highest BCUT2D eigenvalue weighted by Crippen LogP contribution is 2.23. The molecule has 2 heterocycles. The van der Waals surface area contributed by atoms with Crippen molar-refractivity contribution in [2.75, 3.05) is 5.32 Å². The number of hydrogen-bond acceptors (Lipinski definition) is 3. The molecule has 1 aliphatic rings. The average molecular weight is 264 g/mol. The number of fused-ring (bicyclic) bond motifs is 2. The van der Waals surface area contributed by atoms with E-state index in [9.17, 15) is 0 Å². The molecule has 20 heavy (non-hydrogen) atoms. The van der Waals surface area contributed by atoms with Crippen molar-refractivity contribution in [2.45, 2.75) is 25.8 Å². The molecule has 1 aromatic carbocycles. The van der Waals surface area contributed by atoms with E-state index < -0.39 is 0 Å². The minimum Gasteiger partial charge on any atom is -0.350 e. The van der Waals surface area contributed by atoms with Gasteiger partial charge in [0.05, 0.1) is 0 Å². The van der Waals surface area contributed by atoms with Crippen molar-refractivity contribution in [3.8, 4) is 0 Å². The van der Waals surface area contributed by atoms with Crippen LogP contribution in [0.5, 0.6) is 0 Å². The summed E-state index contributed by atoms with van der Waals surface area (Å²) in [5, 5.41) is 7.95. The fourth-order valence-electron chi connectivity index (χ4n) is 2.89. The van der Waals surface area contributed by atoms with Gasteiger partial charge in [-0.15, -0.1) is 5.10 Å². The van der Waals surface area contributed by atoms with Gasteiger partial charge in [0.2, 0.25) is 5.95 Å². The maximum absolute atomic E-state index is 4.52. The molecule has 1 N–H and O–H groups in total. The Bertz CT molecular complexity index is 750. The van der Waals surface area contributed by atoms with Crippen LogP contribution in [-0.4, -0.2) is 20.6 Å². The number of nitrogens with one attached hydrogen (secondary N) is 1. The number of rotatable bonds is 2. The lowest BCUT2D eigenvalue weighted by Crippen LogP contribution is -2.20. The molecule has 0 radical (unpaired) electrons. The molecule has 100 valence electrons. The largest absolute Gasteiger partial charge is 0.350 e. The van der Waals surface area contributed by atoms with E-state index in [0.717, 1.165) is 18.5 Å². The third-order valence-electron chi connectivity index (χ3n) is 3.86. The molecule has 0 bridgehead atoms. The second-order valence-corrected chi connectivity index (χ2v) is 5.46. The molecule has 2 aromatic heterocycles. The van der Waals surface area contributed by atoms with Gasteiger partial charge in [-0.1, -0.05) is 30.3 Å². The SMILES string of the molecule is Cc1ccc2nc(NC3Cc4ccccc4C3)nn2c1. The fraction of sp³-hybridized carbons (Fsp3) is 0.250. The van der Waals surface area contributed by atoms with Crippen molar-refractivity contribution in [1.29, 1.82) is 0 Å². The average Bonchev–Trinajstić information content (AvgIpc) is 3.00. The molecule has 0 atom stereocenters. The summed E-state index contributed by atoms with van der Waals surface area (Å²) in [4.78, 5) is 4.52. The van der Waals surface area contributed by atoms with E-state index in [-0.39, 0.29) is 0 Å². The third-order valence-corrected chi connectivity index (χ3v) is 3.86. The van der Waals surface area contributed by atoms with E-state index >= 15 is 0 Å². The van der Waals surface area contributed by atoms with Crippen LogP contribution in [0.25, 0.3) is 5.65 Å². The monoisotopic (exact) mass is 264 g/mol. The molecule has 0 saturated carbocycles. The first-order valence-corrected chi connectivity index (χ1v) is 6.94. The number of pyridine rings is 1. The first-order valence-electron chi connectivity index (χ1n) is 6.94. The quantitative estimate of drug-likeness (QED) is 0.773. The second kappa shape index (κ2) is 4.34. The van der Waals surface area contributed by atoms with Crippen LogP contribution in [0.4, 0.5) is 5.95 Å². The van der Waals surface area contributed by atoms with Crippen LogP contribution in [-0.2, 0) is 12.8 Å². The summed E-state index contributed by atoms with van der Waals surface area (Å²) in [6.45, 7) is 2.06. The lowest BCUT2D eigenvalue weighted by Gasteiger charge is -2.08. The smallest absolute Gasteiger partial charge is 0.243 e. The van der Waals surface area contributed by atoms with Crippen molar-refractivity contribution in [1.82, 2.24) is 14.6 Å². The van der Waals surface area contributed by atoms with Crippen LogP contribution in [0.3, 0.4) is 0 Å². The number of hydrogen-bond donors (Lipinski definition) is 1. The highest BCUT2D eigenvalue weighted by molar-refractivity contribution is 5.45. The summed E-state index contributed by atoms with van der Waals surface area (Å²) < 4.78 is 1.83. The van der Waals surface area contributed by atoms with Gasteiger partial charge in [-0.2, -0.15) is 4.98 Å². The van der Waals surface area contributed by atoms with Crippen LogP contribution in [0.2, 0.25) is 0 Å². The summed E-state index contributed by atoms with van der Waals surface area (Å²) in [7, 11) is 0. The predicted molar refractivity (Wildman–Crippen MR) is 79.0 cm³/mol. The third kappa shape index (κ3) is 1.93. The van der Waals surface area contributed by atoms with Gasteiger partial charge in [0.15, 0.2) is 5.65 Å². The Hall–Kier alpha value is -2.36. The van der Waals surface area contributed by atoms with Crippen molar-refractivity contribution in [3.63, 3.8) is 0 Å². The molecule has 0 fully saturated rings. The van der Waals surface area contributed by atoms with E-state index in [0.29, 0.717) is 12.0 Å². The zero-order valence-electron chi connectivity index (χ0n) is 11.4. The highest BCUT2D eigenvalue weighted by atomic mass is 15.3. The topological polar surface area (TPSA) is 42.2 Å². The summed E-state index contributed by atoms with van der Waals surface area (Å²) in [5.74, 6) is 0.716. The summed E-state index contributed by atoms with van der Waals surface area (Å²) in [6, 6.07) is 13.1. The van der Waals surface area contributed by atoms with Crippen molar-refractivity contribution >= 4 is 11.6 Å². The molecule has 0 unspecified atom stereocenters. The van der Waals surface area contributed by atoms with Crippen LogP contribution < -0.4 is 5.32 Å². The number of aryl methyl sites for hydroxylation is 1. The molecule has 0 aliphatic heterocycles. The minimum absolute atomic E-state index is 0.394. The van der Waals surface area contributed by atoms with Gasteiger partial charge < -0.3 is 5.32 Å². The van der Waals surface area contributed by atoms with Gasteiger partial charge in [-0.3, -0.25) is 0 Å². The standard InChI is InChI=1S/C16H16N4/c1-11-6-7-15-18-16(19-20(15)10-11)17-14-8-12-4-2-3-5-13(12)9-14/h2-7,10,14H,8-9H2,1H3,(H,17,19). The number of anilines is 1. The van der Waals surface area contributed by atoms with E-state index in [1.165, 1.54) is 16.7 Å². The summed E-state index contributed by atoms with van der Waals surface area (Å²) >= 11 is 0. The number of nitrogens with zero attached hydrogens (tertiary/aromatic N) is 3. The van der Waals surface area contributed by atoms with Gasteiger partial charge in [0.1, 0.15) is 0 Å². The summed E-state index contributed by atoms with van der Waals surface area (Å²) in [6.07, 6.45) is 4.09. The Kier molecular flexibility index (Phi) is 2.49. The normalized spacial score (nSPS) is 14.7. The Balaban J connectivity index is 1.57. The molecule has 0 spiro atoms. The van der Waals surface area contributed by atoms with Crippen LogP contribution in [0.15, 0.2) is 42.6 Å². The minimum atomic E-state index is 0.394. The van der Waals surface area contributed by atoms with E-state index in [1.807, 2.05) is 16.8 Å². The predicted octanol–water partition coefficient (Wildman–Crippen LogP) is 2.62. The molecular weight excluding hydrogens is 248 g/mol. The molecular formula is C16H16N4. The number of benzene rings is 1. The molecule has 4 heteroatoms. The highest BCUT2D eigenvalue weighted by Gasteiger charge is 2.21. The van der Waals surface area contributed by atoms with Crippen LogP contribution in [0, 0.1) is 6.92 Å². The molecule has 4 rings (SSSR count). The molecule has 3 aromatic rings. The molecule has 1 aliphatic carbocycles. The van der Waals surface area contributed by atoms with E-state index in [4.69, 9.17) is 0 Å². The zero-order chi connectivity index (χ0) is 13.5. The van der Waals surface area contributed by atoms with Gasteiger partial charge in [0.25, 0.3) is 0 Å². The van der Waals surface area contributed by atoms with Gasteiger partial charge in [-0.05, 0) is 42.5 Å². The Morgan fingerprint density at radius 2 is 1.85 bits per heavy atom. The van der Waals surface area contributed by atoms with Crippen LogP contribution >= 0.6 is 0 Å². The Morgan fingerprint density at radius 1 is 1.10 bits per heavy atom. The number of aromatic nitrogens is 3. The first-order chi connectivity index (χ1) is 9.78. The fourth-order valence-corrected chi connectivity index (χ4v) is 2.89. The molecule has 0 saturated heterocycles. The van der Waals surface area contributed by atoms with Crippen molar-refractivity contribution in [3.05, 3.63) is 59.3 Å². The van der Waals surface area contributed by atoms with Gasteiger partial charge in [-0.25, -0.2) is 4.52 Å². The lowest BCUT2D eigenvalue weighted by molar-refractivity contribution is 0.760. The maximum Gasteiger partial charge on any atom is 0.243 e. The molecule has 0 amide bonds. The van der Waals surface area contributed by atoms with Crippen molar-refractivity contribution in [2.24, 2.45) is 0 Å². The summed E-state index contributed by atoms with van der Waals surface area (Å²) in [5.41, 5.74) is 4.94. The lowest BCUT2D eigenvalue weighted by atomic mass is 10.1. The first kappa shape index (κ1) is 11.5. The second-order valence-electron chi connectivity index (χ2n) is 5.46. The maximum atomic E-state index is 4.52. The zero-order valence-corrected chi connectivity index (χ0v) is 11.4.